The number of aryl methyl sites for hydroxylation is 2. The number of para-hydroxylation sites is 1. The molecule has 0 fully saturated rings. The number of hydrogen-bond acceptors (Lipinski definition) is 6. The number of thioether (sulfide) groups is 1. The lowest BCUT2D eigenvalue weighted by Gasteiger charge is -2.06. The molecule has 0 saturated heterocycles. The Morgan fingerprint density at radius 2 is 2.19 bits per heavy atom. The first kappa shape index (κ1) is 14.1. The molecule has 0 aliphatic carbocycles. The zero-order valence-electron chi connectivity index (χ0n) is 11.7. The van der Waals surface area contributed by atoms with Crippen LogP contribution in [0, 0.1) is 13.8 Å². The van der Waals surface area contributed by atoms with Gasteiger partial charge in [-0.05, 0) is 25.5 Å². The number of rotatable bonds is 3. The predicted octanol–water partition coefficient (Wildman–Crippen LogP) is 2.64. The van der Waals surface area contributed by atoms with E-state index in [1.54, 1.807) is 11.8 Å². The molecule has 108 valence electrons. The van der Waals surface area contributed by atoms with E-state index in [0.29, 0.717) is 16.4 Å². The van der Waals surface area contributed by atoms with Crippen molar-refractivity contribution in [2.75, 3.05) is 5.73 Å². The van der Waals surface area contributed by atoms with Crippen molar-refractivity contribution in [3.05, 3.63) is 50.9 Å². The molecule has 2 N–H and O–H groups in total. The minimum absolute atomic E-state index is 0.139. The Bertz CT molecular complexity index is 869. The van der Waals surface area contributed by atoms with Crippen LogP contribution in [-0.4, -0.2) is 14.6 Å². The first-order chi connectivity index (χ1) is 10.0. The van der Waals surface area contributed by atoms with Gasteiger partial charge < -0.3 is 5.73 Å². The topological polar surface area (TPSA) is 73.3 Å². The van der Waals surface area contributed by atoms with Gasteiger partial charge in [-0.15, -0.1) is 11.8 Å². The third-order valence-electron chi connectivity index (χ3n) is 3.05. The monoisotopic (exact) mass is 318 g/mol. The predicted molar refractivity (Wildman–Crippen MR) is 87.0 cm³/mol. The summed E-state index contributed by atoms with van der Waals surface area (Å²) < 4.78 is 1.35. The summed E-state index contributed by atoms with van der Waals surface area (Å²) in [6.07, 6.45) is 0. The number of nitrogen functional groups attached to an aromatic ring is 1. The molecule has 0 atom stereocenters. The van der Waals surface area contributed by atoms with Gasteiger partial charge in [0.05, 0.1) is 5.75 Å². The molecule has 0 saturated carbocycles. The highest BCUT2D eigenvalue weighted by atomic mass is 32.2. The van der Waals surface area contributed by atoms with Crippen molar-refractivity contribution in [1.29, 1.82) is 0 Å². The average Bonchev–Trinajstić information content (AvgIpc) is 2.83. The second-order valence-electron chi connectivity index (χ2n) is 4.70. The summed E-state index contributed by atoms with van der Waals surface area (Å²) in [6, 6.07) is 7.46. The molecule has 0 unspecified atom stereocenters. The molecule has 21 heavy (non-hydrogen) atoms. The maximum absolute atomic E-state index is 11.8. The van der Waals surface area contributed by atoms with Crippen LogP contribution >= 0.6 is 23.1 Å². The average molecular weight is 318 g/mol. The van der Waals surface area contributed by atoms with Gasteiger partial charge in [0, 0.05) is 22.3 Å². The van der Waals surface area contributed by atoms with Crippen molar-refractivity contribution >= 4 is 33.7 Å². The zero-order chi connectivity index (χ0) is 15.0. The van der Waals surface area contributed by atoms with Gasteiger partial charge in [-0.25, -0.2) is 4.98 Å². The van der Waals surface area contributed by atoms with Crippen molar-refractivity contribution < 1.29 is 0 Å². The lowest BCUT2D eigenvalue weighted by molar-refractivity contribution is 0.870. The van der Waals surface area contributed by atoms with Gasteiger partial charge in [-0.2, -0.15) is 9.61 Å². The van der Waals surface area contributed by atoms with Crippen LogP contribution < -0.4 is 11.3 Å². The number of anilines is 1. The fourth-order valence-corrected chi connectivity index (χ4v) is 3.92. The Balaban J connectivity index is 1.87. The van der Waals surface area contributed by atoms with Gasteiger partial charge in [-0.1, -0.05) is 23.5 Å². The van der Waals surface area contributed by atoms with Crippen LogP contribution in [0.1, 0.15) is 16.3 Å². The van der Waals surface area contributed by atoms with E-state index in [1.165, 1.54) is 21.9 Å². The fourth-order valence-electron chi connectivity index (χ4n) is 1.94. The highest BCUT2D eigenvalue weighted by Gasteiger charge is 2.09. The maximum atomic E-state index is 11.8. The standard InChI is InChI=1S/C14H14N4OS2/c1-8-4-3-5-10(13(8)15)20-7-11-17-18-12(19)6-9(2)16-14(18)21-11/h3-6H,7,15H2,1-2H3. The van der Waals surface area contributed by atoms with Crippen LogP contribution in [0.5, 0.6) is 0 Å². The third kappa shape index (κ3) is 2.79. The van der Waals surface area contributed by atoms with E-state index in [9.17, 15) is 4.79 Å². The van der Waals surface area contributed by atoms with Crippen LogP contribution in [-0.2, 0) is 5.75 Å². The third-order valence-corrected chi connectivity index (χ3v) is 5.23. The molecule has 5 nitrogen and oxygen atoms in total. The molecule has 2 aromatic heterocycles. The van der Waals surface area contributed by atoms with Crippen molar-refractivity contribution in [3.8, 4) is 0 Å². The van der Waals surface area contributed by atoms with Crippen molar-refractivity contribution in [1.82, 2.24) is 14.6 Å². The van der Waals surface area contributed by atoms with Crippen LogP contribution in [0.3, 0.4) is 0 Å². The van der Waals surface area contributed by atoms with E-state index in [4.69, 9.17) is 5.73 Å². The minimum Gasteiger partial charge on any atom is -0.398 e. The molecule has 2 heterocycles. The van der Waals surface area contributed by atoms with Gasteiger partial charge in [0.1, 0.15) is 5.01 Å². The van der Waals surface area contributed by atoms with Gasteiger partial charge in [0.15, 0.2) is 0 Å². The number of nitrogens with zero attached hydrogens (tertiary/aromatic N) is 3. The Kier molecular flexibility index (Phi) is 3.69. The summed E-state index contributed by atoms with van der Waals surface area (Å²) >= 11 is 3.05. The van der Waals surface area contributed by atoms with Crippen LogP contribution in [0.2, 0.25) is 0 Å². The number of nitrogens with two attached hydrogens (primary N) is 1. The molecule has 1 aromatic carbocycles. The van der Waals surface area contributed by atoms with E-state index in [0.717, 1.165) is 21.2 Å². The van der Waals surface area contributed by atoms with Gasteiger partial charge in [-0.3, -0.25) is 4.79 Å². The maximum Gasteiger partial charge on any atom is 0.275 e. The summed E-state index contributed by atoms with van der Waals surface area (Å²) in [4.78, 5) is 17.8. The Morgan fingerprint density at radius 3 is 3.00 bits per heavy atom. The minimum atomic E-state index is -0.139. The molecular weight excluding hydrogens is 304 g/mol. The lowest BCUT2D eigenvalue weighted by atomic mass is 10.2. The largest absolute Gasteiger partial charge is 0.398 e. The molecule has 0 amide bonds. The summed E-state index contributed by atoms with van der Waals surface area (Å²) in [5.74, 6) is 0.667. The SMILES string of the molecule is Cc1cc(=O)n2nc(CSc3cccc(C)c3N)sc2n1. The molecular formula is C14H14N4OS2. The van der Waals surface area contributed by atoms with Crippen LogP contribution in [0.15, 0.2) is 34.0 Å². The summed E-state index contributed by atoms with van der Waals surface area (Å²) in [5, 5.41) is 5.18. The molecule has 0 aliphatic rings. The highest BCUT2D eigenvalue weighted by Crippen LogP contribution is 2.30. The van der Waals surface area contributed by atoms with Crippen molar-refractivity contribution in [2.24, 2.45) is 0 Å². The molecule has 0 aliphatic heterocycles. The van der Waals surface area contributed by atoms with Crippen molar-refractivity contribution in [3.63, 3.8) is 0 Å². The van der Waals surface area contributed by atoms with E-state index in [1.807, 2.05) is 32.0 Å². The highest BCUT2D eigenvalue weighted by molar-refractivity contribution is 7.98. The summed E-state index contributed by atoms with van der Waals surface area (Å²) in [7, 11) is 0. The van der Waals surface area contributed by atoms with E-state index >= 15 is 0 Å². The van der Waals surface area contributed by atoms with Crippen LogP contribution in [0.25, 0.3) is 4.96 Å². The lowest BCUT2D eigenvalue weighted by Crippen LogP contribution is -2.14. The summed E-state index contributed by atoms with van der Waals surface area (Å²) in [6.45, 7) is 3.80. The van der Waals surface area contributed by atoms with Gasteiger partial charge in [0.2, 0.25) is 4.96 Å². The second kappa shape index (κ2) is 5.50. The smallest absolute Gasteiger partial charge is 0.275 e. The first-order valence-corrected chi connectivity index (χ1v) is 8.19. The number of benzene rings is 1. The van der Waals surface area contributed by atoms with Crippen molar-refractivity contribution in [2.45, 2.75) is 24.5 Å². The molecule has 0 bridgehead atoms. The second-order valence-corrected chi connectivity index (χ2v) is 6.76. The zero-order valence-corrected chi connectivity index (χ0v) is 13.3. The first-order valence-electron chi connectivity index (χ1n) is 6.39. The van der Waals surface area contributed by atoms with E-state index < -0.39 is 0 Å². The molecule has 7 heteroatoms. The van der Waals surface area contributed by atoms with Crippen LogP contribution in [0.4, 0.5) is 5.69 Å². The quantitative estimate of drug-likeness (QED) is 0.593. The molecule has 3 rings (SSSR count). The van der Waals surface area contributed by atoms with E-state index in [-0.39, 0.29) is 5.56 Å². The van der Waals surface area contributed by atoms with Gasteiger partial charge in [0.25, 0.3) is 5.56 Å². The normalized spacial score (nSPS) is 11.1. The van der Waals surface area contributed by atoms with E-state index in [2.05, 4.69) is 10.1 Å². The Labute approximate surface area is 129 Å². The number of hydrogen-bond donors (Lipinski definition) is 1. The number of fused-ring (bicyclic) bond motifs is 1. The Hall–Kier alpha value is -1.86. The molecule has 0 spiro atoms. The van der Waals surface area contributed by atoms with Gasteiger partial charge >= 0.3 is 0 Å². The fraction of sp³-hybridized carbons (Fsp3) is 0.214. The molecule has 0 radical (unpaired) electrons. The summed E-state index contributed by atoms with van der Waals surface area (Å²) in [5.41, 5.74) is 8.50. The molecule has 3 aromatic rings. The number of aromatic nitrogens is 3. The Morgan fingerprint density at radius 1 is 1.38 bits per heavy atom.